The number of Topliss-reactive ketones (excluding diaryl/α,β-unsaturated/α-hetero) is 3. The number of hydrogen-bond acceptors (Lipinski definition) is 9. The van der Waals surface area contributed by atoms with E-state index in [0.717, 1.165) is 27.0 Å². The van der Waals surface area contributed by atoms with E-state index in [9.17, 15) is 29.4 Å². The van der Waals surface area contributed by atoms with E-state index < -0.39 is 53.0 Å². The number of carbonyl (C=O) groups excluding carboxylic acids is 3. The zero-order valence-electron chi connectivity index (χ0n) is 13.9. The minimum Gasteiger partial charge on any atom is -0.394 e. The first kappa shape index (κ1) is 18.9. The number of carbonyl (C=O) groups is 3. The highest BCUT2D eigenvalue weighted by Gasteiger charge is 2.74. The third-order valence-corrected chi connectivity index (χ3v) is 4.58. The fourth-order valence-corrected chi connectivity index (χ4v) is 3.57. The van der Waals surface area contributed by atoms with Gasteiger partial charge in [-0.25, -0.2) is 4.79 Å². The van der Waals surface area contributed by atoms with Crippen LogP contribution in [0.5, 0.6) is 0 Å². The van der Waals surface area contributed by atoms with Crippen molar-refractivity contribution in [3.05, 3.63) is 22.7 Å². The van der Waals surface area contributed by atoms with E-state index in [1.165, 1.54) is 6.07 Å². The summed E-state index contributed by atoms with van der Waals surface area (Å²) in [6.07, 6.45) is -2.24. The summed E-state index contributed by atoms with van der Waals surface area (Å²) in [6.45, 7) is 2.23. The maximum atomic E-state index is 12.6. The molecule has 0 aliphatic carbocycles. The molecule has 0 unspecified atom stereocenters. The number of aromatic nitrogens is 2. The second-order valence-corrected chi connectivity index (χ2v) is 5.91. The summed E-state index contributed by atoms with van der Waals surface area (Å²) in [5.74, 6) is -2.81. The van der Waals surface area contributed by atoms with E-state index in [2.05, 4.69) is 4.98 Å². The van der Waals surface area contributed by atoms with Crippen molar-refractivity contribution in [2.45, 2.75) is 38.7 Å². The second kappa shape index (κ2) is 6.14. The second-order valence-electron chi connectivity index (χ2n) is 5.91. The van der Waals surface area contributed by atoms with Crippen molar-refractivity contribution in [3.63, 3.8) is 0 Å². The molecule has 0 radical (unpaired) electrons. The highest BCUT2D eigenvalue weighted by Crippen LogP contribution is 2.51. The van der Waals surface area contributed by atoms with Gasteiger partial charge in [0.1, 0.15) is 18.0 Å². The molecule has 0 amide bonds. The molecule has 0 saturated carbocycles. The molecule has 10 heteroatoms. The van der Waals surface area contributed by atoms with E-state index in [1.54, 1.807) is 0 Å². The Bertz CT molecular complexity index is 789. The van der Waals surface area contributed by atoms with Crippen molar-refractivity contribution < 1.29 is 29.3 Å². The standard InChI is InChI=1S/C15H19N3O7/c1-7(20)14(8(2)21)12(23)10(6-19)25-15(14,9(3)22)18-5-4-11(16)17-13(18)24/h4-5,10,12,19,23H,6H2,1-3H3,(H2,16,17,24)/t10-,12-,15-/m1/s1. The van der Waals surface area contributed by atoms with Crippen molar-refractivity contribution in [1.29, 1.82) is 0 Å². The van der Waals surface area contributed by atoms with E-state index in [-0.39, 0.29) is 5.82 Å². The van der Waals surface area contributed by atoms with Gasteiger partial charge in [0.2, 0.25) is 5.72 Å². The number of hydrogen-bond donors (Lipinski definition) is 3. The molecule has 1 fully saturated rings. The van der Waals surface area contributed by atoms with Crippen LogP contribution in [0.25, 0.3) is 0 Å². The minimum atomic E-state index is -2.49. The number of aliphatic hydroxyl groups is 2. The Hall–Kier alpha value is -2.43. The molecule has 1 aromatic rings. The molecule has 1 saturated heterocycles. The van der Waals surface area contributed by atoms with E-state index in [1.807, 2.05) is 0 Å². The maximum Gasteiger partial charge on any atom is 0.352 e. The first-order valence-corrected chi connectivity index (χ1v) is 7.42. The van der Waals surface area contributed by atoms with Gasteiger partial charge < -0.3 is 20.7 Å². The Balaban J connectivity index is 2.99. The zero-order chi connectivity index (χ0) is 19.2. The van der Waals surface area contributed by atoms with Crippen molar-refractivity contribution in [2.24, 2.45) is 5.41 Å². The molecule has 10 nitrogen and oxygen atoms in total. The number of anilines is 1. The SMILES string of the molecule is CC(=O)C1(C(C)=O)[C@H](O)[C@@H](CO)O[C@@]1(C(C)=O)n1ccc(N)nc1=O. The van der Waals surface area contributed by atoms with Gasteiger partial charge in [0.15, 0.2) is 22.8 Å². The van der Waals surface area contributed by atoms with Gasteiger partial charge in [0.05, 0.1) is 6.61 Å². The topological polar surface area (TPSA) is 162 Å². The Morgan fingerprint density at radius 2 is 1.84 bits per heavy atom. The summed E-state index contributed by atoms with van der Waals surface area (Å²) in [4.78, 5) is 53.4. The highest BCUT2D eigenvalue weighted by molar-refractivity contribution is 6.11. The van der Waals surface area contributed by atoms with Crippen molar-refractivity contribution in [3.8, 4) is 0 Å². The molecule has 1 aromatic heterocycles. The number of ketones is 3. The van der Waals surface area contributed by atoms with Crippen LogP contribution in [-0.4, -0.2) is 55.9 Å². The predicted molar refractivity (Wildman–Crippen MR) is 83.3 cm³/mol. The largest absolute Gasteiger partial charge is 0.394 e. The maximum absolute atomic E-state index is 12.6. The van der Waals surface area contributed by atoms with Gasteiger partial charge >= 0.3 is 5.69 Å². The predicted octanol–water partition coefficient (Wildman–Crippen LogP) is -2.02. The zero-order valence-corrected chi connectivity index (χ0v) is 13.9. The molecule has 0 bridgehead atoms. The average Bonchev–Trinajstić information content (AvgIpc) is 2.77. The molecule has 3 atom stereocenters. The van der Waals surface area contributed by atoms with Crippen LogP contribution < -0.4 is 11.4 Å². The summed E-state index contributed by atoms with van der Waals surface area (Å²) in [7, 11) is 0. The molecule has 136 valence electrons. The molecule has 1 aliphatic heterocycles. The summed E-state index contributed by atoms with van der Waals surface area (Å²) >= 11 is 0. The smallest absolute Gasteiger partial charge is 0.352 e. The first-order chi connectivity index (χ1) is 11.6. The van der Waals surface area contributed by atoms with Crippen LogP contribution in [0.15, 0.2) is 17.1 Å². The fraction of sp³-hybridized carbons (Fsp3) is 0.533. The molecule has 2 rings (SSSR count). The summed E-state index contributed by atoms with van der Waals surface area (Å²) < 4.78 is 6.17. The first-order valence-electron chi connectivity index (χ1n) is 7.42. The van der Waals surface area contributed by atoms with E-state index in [0.29, 0.717) is 4.57 Å². The van der Waals surface area contributed by atoms with Crippen LogP contribution >= 0.6 is 0 Å². The Morgan fingerprint density at radius 1 is 1.28 bits per heavy atom. The molecule has 0 spiro atoms. The van der Waals surface area contributed by atoms with Crippen LogP contribution in [0.3, 0.4) is 0 Å². The lowest BCUT2D eigenvalue weighted by Crippen LogP contribution is -2.65. The molecule has 4 N–H and O–H groups in total. The van der Waals surface area contributed by atoms with Crippen LogP contribution in [0.1, 0.15) is 20.8 Å². The number of ether oxygens (including phenoxy) is 1. The molecule has 25 heavy (non-hydrogen) atoms. The van der Waals surface area contributed by atoms with Gasteiger partial charge in [0.25, 0.3) is 0 Å². The van der Waals surface area contributed by atoms with E-state index in [4.69, 9.17) is 10.5 Å². The van der Waals surface area contributed by atoms with Gasteiger partial charge in [-0.15, -0.1) is 0 Å². The van der Waals surface area contributed by atoms with Gasteiger partial charge in [-0.2, -0.15) is 4.98 Å². The van der Waals surface area contributed by atoms with Gasteiger partial charge in [-0.1, -0.05) is 0 Å². The number of nitrogens with zero attached hydrogens (tertiary/aromatic N) is 2. The lowest BCUT2D eigenvalue weighted by molar-refractivity contribution is -0.186. The van der Waals surface area contributed by atoms with Crippen molar-refractivity contribution >= 4 is 23.2 Å². The monoisotopic (exact) mass is 353 g/mol. The minimum absolute atomic E-state index is 0.145. The van der Waals surface area contributed by atoms with Gasteiger partial charge in [0, 0.05) is 6.20 Å². The van der Waals surface area contributed by atoms with Crippen LogP contribution in [0.2, 0.25) is 0 Å². The Labute approximate surface area is 142 Å². The molecule has 1 aliphatic rings. The number of aliphatic hydroxyl groups excluding tert-OH is 2. The molecular formula is C15H19N3O7. The summed E-state index contributed by atoms with van der Waals surface area (Å²) in [5, 5.41) is 20.1. The Morgan fingerprint density at radius 3 is 2.24 bits per heavy atom. The highest BCUT2D eigenvalue weighted by atomic mass is 16.6. The summed E-state index contributed by atoms with van der Waals surface area (Å²) in [6, 6.07) is 1.18. The number of rotatable bonds is 5. The third kappa shape index (κ3) is 2.25. The van der Waals surface area contributed by atoms with Gasteiger partial charge in [-0.3, -0.25) is 19.0 Å². The fourth-order valence-electron chi connectivity index (χ4n) is 3.57. The third-order valence-electron chi connectivity index (χ3n) is 4.58. The van der Waals surface area contributed by atoms with Crippen LogP contribution in [0.4, 0.5) is 5.82 Å². The van der Waals surface area contributed by atoms with E-state index >= 15 is 0 Å². The van der Waals surface area contributed by atoms with Crippen LogP contribution in [0, 0.1) is 5.41 Å². The lowest BCUT2D eigenvalue weighted by atomic mass is 9.66. The van der Waals surface area contributed by atoms with Crippen molar-refractivity contribution in [1.82, 2.24) is 9.55 Å². The average molecular weight is 353 g/mol. The number of nitrogen functional groups attached to an aromatic ring is 1. The van der Waals surface area contributed by atoms with Gasteiger partial charge in [-0.05, 0) is 26.8 Å². The summed E-state index contributed by atoms with van der Waals surface area (Å²) in [5.41, 5.74) is -0.522. The van der Waals surface area contributed by atoms with Crippen LogP contribution in [-0.2, 0) is 24.8 Å². The molecule has 0 aromatic carbocycles. The van der Waals surface area contributed by atoms with Crippen molar-refractivity contribution in [2.75, 3.05) is 12.3 Å². The Kier molecular flexibility index (Phi) is 4.64. The number of nitrogens with two attached hydrogens (primary N) is 1. The molecular weight excluding hydrogens is 334 g/mol. The molecule has 2 heterocycles. The quantitative estimate of drug-likeness (QED) is 0.507. The lowest BCUT2D eigenvalue weighted by Gasteiger charge is -2.40. The normalized spacial score (nSPS) is 27.9.